The number of rotatable bonds is 9. The fraction of sp³-hybridized carbons (Fsp3) is 0.467. The van der Waals surface area contributed by atoms with E-state index in [0.29, 0.717) is 6.61 Å². The van der Waals surface area contributed by atoms with Crippen LogP contribution in [0.15, 0.2) is 30.3 Å². The second-order valence-corrected chi connectivity index (χ2v) is 3.98. The number of hydrogen-bond donors (Lipinski definition) is 1. The maximum atomic E-state index is 5.75. The molecule has 0 aromatic heterocycles. The van der Waals surface area contributed by atoms with Crippen molar-refractivity contribution in [2.24, 2.45) is 0 Å². The Balaban J connectivity index is 2.22. The maximum absolute atomic E-state index is 5.75. The Kier molecular flexibility index (Phi) is 7.93. The molecule has 0 saturated carbocycles. The van der Waals surface area contributed by atoms with Crippen molar-refractivity contribution in [1.29, 1.82) is 0 Å². The minimum absolute atomic E-state index is 0.682. The van der Waals surface area contributed by atoms with E-state index in [1.807, 2.05) is 31.2 Å². The van der Waals surface area contributed by atoms with Gasteiger partial charge in [-0.15, -0.1) is 0 Å². The average molecular weight is 249 g/mol. The van der Waals surface area contributed by atoms with Crippen molar-refractivity contribution in [1.82, 2.24) is 5.32 Å². The zero-order chi connectivity index (χ0) is 13.1. The Morgan fingerprint density at radius 3 is 2.78 bits per heavy atom. The summed E-state index contributed by atoms with van der Waals surface area (Å²) in [4.78, 5) is 0. The van der Waals surface area contributed by atoms with Crippen LogP contribution in [0.1, 0.15) is 18.9 Å². The third-order valence-electron chi connectivity index (χ3n) is 2.50. The number of methoxy groups -OCH3 is 1. The number of hydrogen-bond acceptors (Lipinski definition) is 3. The molecule has 0 fully saturated rings. The molecule has 0 heterocycles. The molecule has 18 heavy (non-hydrogen) atoms. The maximum Gasteiger partial charge on any atom is 0.126 e. The summed E-state index contributed by atoms with van der Waals surface area (Å²) in [6, 6.07) is 8.07. The van der Waals surface area contributed by atoms with Crippen LogP contribution in [0.3, 0.4) is 0 Å². The van der Waals surface area contributed by atoms with E-state index in [-0.39, 0.29) is 0 Å². The van der Waals surface area contributed by atoms with E-state index in [1.165, 1.54) is 0 Å². The van der Waals surface area contributed by atoms with Gasteiger partial charge in [0, 0.05) is 25.8 Å². The first-order valence-corrected chi connectivity index (χ1v) is 6.42. The standard InChI is InChI=1S/C15H23NO2/c1-3-7-14-8-4-5-9-15(14)18-13-11-16-10-6-12-17-2/h3-5,7-9,16H,6,10-13H2,1-2H3/b7-3+. The number of benzene rings is 1. The summed E-state index contributed by atoms with van der Waals surface area (Å²) in [5, 5.41) is 3.32. The van der Waals surface area contributed by atoms with Crippen LogP contribution in [-0.2, 0) is 4.74 Å². The largest absolute Gasteiger partial charge is 0.492 e. The lowest BCUT2D eigenvalue weighted by atomic mass is 10.2. The van der Waals surface area contributed by atoms with Crippen molar-refractivity contribution >= 4 is 6.08 Å². The molecule has 0 atom stereocenters. The summed E-state index contributed by atoms with van der Waals surface area (Å²) in [6.07, 6.45) is 5.11. The highest BCUT2D eigenvalue weighted by Gasteiger charge is 1.98. The third kappa shape index (κ3) is 5.84. The lowest BCUT2D eigenvalue weighted by Gasteiger charge is -2.09. The Morgan fingerprint density at radius 1 is 1.17 bits per heavy atom. The molecule has 100 valence electrons. The van der Waals surface area contributed by atoms with Gasteiger partial charge < -0.3 is 14.8 Å². The number of allylic oxidation sites excluding steroid dienone is 1. The van der Waals surface area contributed by atoms with Gasteiger partial charge in [0.15, 0.2) is 0 Å². The van der Waals surface area contributed by atoms with Crippen LogP contribution in [0, 0.1) is 0 Å². The van der Waals surface area contributed by atoms with Gasteiger partial charge in [0.1, 0.15) is 12.4 Å². The number of ether oxygens (including phenoxy) is 2. The zero-order valence-electron chi connectivity index (χ0n) is 11.3. The average Bonchev–Trinajstić information content (AvgIpc) is 2.40. The second kappa shape index (κ2) is 9.68. The summed E-state index contributed by atoms with van der Waals surface area (Å²) in [5.41, 5.74) is 1.12. The summed E-state index contributed by atoms with van der Waals surface area (Å²) in [7, 11) is 1.72. The van der Waals surface area contributed by atoms with Gasteiger partial charge in [-0.3, -0.25) is 0 Å². The van der Waals surface area contributed by atoms with Crippen molar-refractivity contribution < 1.29 is 9.47 Å². The van der Waals surface area contributed by atoms with E-state index in [2.05, 4.69) is 17.5 Å². The summed E-state index contributed by atoms with van der Waals surface area (Å²) in [6.45, 7) is 5.31. The van der Waals surface area contributed by atoms with Crippen molar-refractivity contribution in [2.75, 3.05) is 33.4 Å². The van der Waals surface area contributed by atoms with Gasteiger partial charge in [-0.2, -0.15) is 0 Å². The highest BCUT2D eigenvalue weighted by molar-refractivity contribution is 5.56. The van der Waals surface area contributed by atoms with E-state index in [4.69, 9.17) is 9.47 Å². The van der Waals surface area contributed by atoms with Gasteiger partial charge in [0.25, 0.3) is 0 Å². The molecular formula is C15H23NO2. The SMILES string of the molecule is C/C=C/c1ccccc1OCCNCCCOC. The van der Waals surface area contributed by atoms with Gasteiger partial charge in [-0.1, -0.05) is 30.4 Å². The van der Waals surface area contributed by atoms with Crippen LogP contribution >= 0.6 is 0 Å². The molecule has 0 spiro atoms. The lowest BCUT2D eigenvalue weighted by Crippen LogP contribution is -2.23. The molecule has 0 aliphatic carbocycles. The molecule has 0 aliphatic rings. The van der Waals surface area contributed by atoms with Crippen molar-refractivity contribution in [3.63, 3.8) is 0 Å². The number of nitrogens with one attached hydrogen (secondary N) is 1. The Bertz CT molecular complexity index is 350. The van der Waals surface area contributed by atoms with Crippen LogP contribution in [0.4, 0.5) is 0 Å². The quantitative estimate of drug-likeness (QED) is 0.683. The molecule has 1 rings (SSSR count). The van der Waals surface area contributed by atoms with Crippen molar-refractivity contribution in [2.45, 2.75) is 13.3 Å². The fourth-order valence-corrected chi connectivity index (χ4v) is 1.63. The molecule has 3 heteroatoms. The van der Waals surface area contributed by atoms with Gasteiger partial charge >= 0.3 is 0 Å². The van der Waals surface area contributed by atoms with Crippen LogP contribution in [0.25, 0.3) is 6.08 Å². The van der Waals surface area contributed by atoms with Crippen LogP contribution < -0.4 is 10.1 Å². The van der Waals surface area contributed by atoms with Crippen LogP contribution in [0.2, 0.25) is 0 Å². The molecule has 0 amide bonds. The third-order valence-corrected chi connectivity index (χ3v) is 2.50. The van der Waals surface area contributed by atoms with E-state index >= 15 is 0 Å². The van der Waals surface area contributed by atoms with E-state index in [1.54, 1.807) is 7.11 Å². The molecule has 0 radical (unpaired) electrons. The molecule has 1 N–H and O–H groups in total. The minimum atomic E-state index is 0.682. The number of para-hydroxylation sites is 1. The Labute approximate surface area is 110 Å². The predicted molar refractivity (Wildman–Crippen MR) is 76.0 cm³/mol. The summed E-state index contributed by atoms with van der Waals surface area (Å²) >= 11 is 0. The van der Waals surface area contributed by atoms with Gasteiger partial charge in [-0.25, -0.2) is 0 Å². The van der Waals surface area contributed by atoms with Crippen molar-refractivity contribution in [3.05, 3.63) is 35.9 Å². The molecular weight excluding hydrogens is 226 g/mol. The smallest absolute Gasteiger partial charge is 0.126 e. The van der Waals surface area contributed by atoms with E-state index in [0.717, 1.165) is 37.4 Å². The lowest BCUT2D eigenvalue weighted by molar-refractivity contribution is 0.193. The van der Waals surface area contributed by atoms with Crippen LogP contribution in [0.5, 0.6) is 5.75 Å². The molecule has 0 saturated heterocycles. The van der Waals surface area contributed by atoms with Gasteiger partial charge in [-0.05, 0) is 26.0 Å². The Morgan fingerprint density at radius 2 is 2.00 bits per heavy atom. The topological polar surface area (TPSA) is 30.5 Å². The first kappa shape index (κ1) is 14.7. The molecule has 1 aromatic rings. The molecule has 0 unspecified atom stereocenters. The summed E-state index contributed by atoms with van der Waals surface area (Å²) in [5.74, 6) is 0.939. The van der Waals surface area contributed by atoms with Gasteiger partial charge in [0.2, 0.25) is 0 Å². The second-order valence-electron chi connectivity index (χ2n) is 3.98. The van der Waals surface area contributed by atoms with Crippen molar-refractivity contribution in [3.8, 4) is 5.75 Å². The highest BCUT2D eigenvalue weighted by atomic mass is 16.5. The minimum Gasteiger partial charge on any atom is -0.492 e. The monoisotopic (exact) mass is 249 g/mol. The predicted octanol–water partition coefficient (Wildman–Crippen LogP) is 2.72. The molecule has 3 nitrogen and oxygen atoms in total. The van der Waals surface area contributed by atoms with E-state index < -0.39 is 0 Å². The van der Waals surface area contributed by atoms with Gasteiger partial charge in [0.05, 0.1) is 0 Å². The molecule has 1 aromatic carbocycles. The first-order chi connectivity index (χ1) is 8.88. The normalized spacial score (nSPS) is 11.0. The summed E-state index contributed by atoms with van der Waals surface area (Å²) < 4.78 is 10.7. The highest BCUT2D eigenvalue weighted by Crippen LogP contribution is 2.18. The molecule has 0 bridgehead atoms. The van der Waals surface area contributed by atoms with Crippen LogP contribution in [-0.4, -0.2) is 33.4 Å². The Hall–Kier alpha value is -1.32. The fourth-order valence-electron chi connectivity index (χ4n) is 1.63. The van der Waals surface area contributed by atoms with E-state index in [9.17, 15) is 0 Å². The zero-order valence-corrected chi connectivity index (χ0v) is 11.3. The molecule has 0 aliphatic heterocycles. The first-order valence-electron chi connectivity index (χ1n) is 6.42.